The minimum absolute atomic E-state index is 0.0716. The predicted molar refractivity (Wildman–Crippen MR) is 98.1 cm³/mol. The number of carbonyl (C=O) groups is 3. The minimum atomic E-state index is -0.613. The highest BCUT2D eigenvalue weighted by Gasteiger charge is 2.39. The molecule has 28 heavy (non-hydrogen) atoms. The molecule has 2 aromatic carbocycles. The van der Waals surface area contributed by atoms with Gasteiger partial charge in [0.15, 0.2) is 11.5 Å². The van der Waals surface area contributed by atoms with E-state index < -0.39 is 12.0 Å². The van der Waals surface area contributed by atoms with Crippen molar-refractivity contribution in [2.45, 2.75) is 19.0 Å². The maximum absolute atomic E-state index is 12.7. The second-order valence-electron chi connectivity index (χ2n) is 6.43. The average Bonchev–Trinajstić information content (AvgIpc) is 3.29. The normalized spacial score (nSPS) is 17.9. The van der Waals surface area contributed by atoms with Crippen LogP contribution in [0.2, 0.25) is 0 Å². The Morgan fingerprint density at radius 2 is 1.89 bits per heavy atom. The van der Waals surface area contributed by atoms with Gasteiger partial charge >= 0.3 is 5.97 Å². The van der Waals surface area contributed by atoms with Crippen LogP contribution < -0.4 is 19.7 Å². The first-order valence-corrected chi connectivity index (χ1v) is 8.74. The van der Waals surface area contributed by atoms with Crippen LogP contribution in [-0.2, 0) is 20.9 Å². The van der Waals surface area contributed by atoms with Gasteiger partial charge in [0, 0.05) is 6.54 Å². The van der Waals surface area contributed by atoms with Crippen molar-refractivity contribution < 1.29 is 28.6 Å². The van der Waals surface area contributed by atoms with Gasteiger partial charge in [-0.25, -0.2) is 9.69 Å². The first-order chi connectivity index (χ1) is 13.6. The number of fused-ring (bicyclic) bond motifs is 1. The first-order valence-electron chi connectivity index (χ1n) is 8.74. The van der Waals surface area contributed by atoms with Crippen LogP contribution in [0, 0.1) is 0 Å². The highest BCUT2D eigenvalue weighted by molar-refractivity contribution is 6.22. The fraction of sp³-hybridized carbons (Fsp3) is 0.250. The third-order valence-electron chi connectivity index (χ3n) is 4.68. The Labute approximate surface area is 161 Å². The predicted octanol–water partition coefficient (Wildman–Crippen LogP) is 1.62. The van der Waals surface area contributed by atoms with Crippen molar-refractivity contribution in [3.05, 3.63) is 53.6 Å². The number of rotatable bonds is 5. The van der Waals surface area contributed by atoms with E-state index in [-0.39, 0.29) is 25.0 Å². The molecule has 0 aromatic heterocycles. The number of hydrogen-bond acceptors (Lipinski definition) is 7. The van der Waals surface area contributed by atoms with Crippen molar-refractivity contribution in [1.29, 1.82) is 0 Å². The largest absolute Gasteiger partial charge is 0.465 e. The average molecular weight is 382 g/mol. The van der Waals surface area contributed by atoms with E-state index in [9.17, 15) is 14.4 Å². The van der Waals surface area contributed by atoms with Gasteiger partial charge in [0.25, 0.3) is 5.91 Å². The zero-order chi connectivity index (χ0) is 19.7. The van der Waals surface area contributed by atoms with Crippen LogP contribution in [0.25, 0.3) is 0 Å². The molecule has 0 radical (unpaired) electrons. The van der Waals surface area contributed by atoms with Gasteiger partial charge in [0.05, 0.1) is 30.8 Å². The van der Waals surface area contributed by atoms with Gasteiger partial charge < -0.3 is 19.5 Å². The Morgan fingerprint density at radius 3 is 2.64 bits per heavy atom. The molecule has 0 unspecified atom stereocenters. The fourth-order valence-electron chi connectivity index (χ4n) is 3.22. The number of carbonyl (C=O) groups excluding carboxylic acids is 3. The Morgan fingerprint density at radius 1 is 1.14 bits per heavy atom. The summed E-state index contributed by atoms with van der Waals surface area (Å²) >= 11 is 0. The van der Waals surface area contributed by atoms with E-state index in [1.807, 2.05) is 18.2 Å². The van der Waals surface area contributed by atoms with Crippen molar-refractivity contribution in [3.63, 3.8) is 0 Å². The summed E-state index contributed by atoms with van der Waals surface area (Å²) in [7, 11) is 1.29. The van der Waals surface area contributed by atoms with Crippen LogP contribution in [0.4, 0.5) is 5.69 Å². The molecule has 0 saturated carbocycles. The number of ether oxygens (including phenoxy) is 3. The lowest BCUT2D eigenvalue weighted by atomic mass is 10.1. The fourth-order valence-corrected chi connectivity index (χ4v) is 3.22. The molecule has 1 N–H and O–H groups in total. The molecule has 0 bridgehead atoms. The molecule has 1 saturated heterocycles. The van der Waals surface area contributed by atoms with Gasteiger partial charge in [-0.05, 0) is 42.0 Å². The third kappa shape index (κ3) is 3.29. The summed E-state index contributed by atoms with van der Waals surface area (Å²) in [5.74, 6) is 0.266. The van der Waals surface area contributed by atoms with E-state index in [0.717, 1.165) is 10.5 Å². The molecule has 1 fully saturated rings. The first kappa shape index (κ1) is 18.0. The molecule has 2 aliphatic heterocycles. The van der Waals surface area contributed by atoms with Crippen LogP contribution >= 0.6 is 0 Å². The number of amides is 2. The lowest BCUT2D eigenvalue weighted by Gasteiger charge is -2.16. The molecule has 8 heteroatoms. The van der Waals surface area contributed by atoms with Crippen molar-refractivity contribution in [1.82, 2.24) is 5.32 Å². The van der Waals surface area contributed by atoms with Crippen molar-refractivity contribution in [2.24, 2.45) is 0 Å². The third-order valence-corrected chi connectivity index (χ3v) is 4.68. The number of esters is 1. The van der Waals surface area contributed by atoms with E-state index in [0.29, 0.717) is 29.3 Å². The van der Waals surface area contributed by atoms with Gasteiger partial charge in [-0.2, -0.15) is 0 Å². The SMILES string of the molecule is COC(=O)c1ccc(N2C(=O)C[C@H](NCc3ccc4c(c3)OCO4)C2=O)cc1. The van der Waals surface area contributed by atoms with E-state index in [1.54, 1.807) is 12.1 Å². The quantitative estimate of drug-likeness (QED) is 0.620. The monoisotopic (exact) mass is 382 g/mol. The molecule has 2 aromatic rings. The molecule has 144 valence electrons. The summed E-state index contributed by atoms with van der Waals surface area (Å²) in [5, 5.41) is 3.13. The number of hydrogen-bond donors (Lipinski definition) is 1. The number of imide groups is 1. The summed E-state index contributed by atoms with van der Waals surface area (Å²) in [4.78, 5) is 37.7. The van der Waals surface area contributed by atoms with Crippen molar-refractivity contribution in [2.75, 3.05) is 18.8 Å². The summed E-state index contributed by atoms with van der Waals surface area (Å²) < 4.78 is 15.3. The highest BCUT2D eigenvalue weighted by atomic mass is 16.7. The topological polar surface area (TPSA) is 94.2 Å². The Balaban J connectivity index is 1.43. The van der Waals surface area contributed by atoms with Crippen LogP contribution in [0.3, 0.4) is 0 Å². The van der Waals surface area contributed by atoms with Gasteiger partial charge in [0.1, 0.15) is 0 Å². The number of benzene rings is 2. The lowest BCUT2D eigenvalue weighted by Crippen LogP contribution is -2.38. The van der Waals surface area contributed by atoms with Crippen LogP contribution in [0.1, 0.15) is 22.3 Å². The second-order valence-corrected chi connectivity index (χ2v) is 6.43. The van der Waals surface area contributed by atoms with E-state index in [2.05, 4.69) is 10.1 Å². The second kappa shape index (κ2) is 7.32. The molecule has 2 aliphatic rings. The molecule has 0 spiro atoms. The van der Waals surface area contributed by atoms with Gasteiger partial charge in [-0.15, -0.1) is 0 Å². The maximum Gasteiger partial charge on any atom is 0.337 e. The van der Waals surface area contributed by atoms with Crippen LogP contribution in [-0.4, -0.2) is 37.7 Å². The zero-order valence-electron chi connectivity index (χ0n) is 15.1. The number of nitrogens with zero attached hydrogens (tertiary/aromatic N) is 1. The van der Waals surface area contributed by atoms with E-state index >= 15 is 0 Å². The van der Waals surface area contributed by atoms with Crippen LogP contribution in [0.5, 0.6) is 11.5 Å². The Hall–Kier alpha value is -3.39. The van der Waals surface area contributed by atoms with Crippen LogP contribution in [0.15, 0.2) is 42.5 Å². The Kier molecular flexibility index (Phi) is 4.70. The Bertz CT molecular complexity index is 940. The summed E-state index contributed by atoms with van der Waals surface area (Å²) in [6.07, 6.45) is 0.0716. The zero-order valence-corrected chi connectivity index (χ0v) is 15.1. The molecule has 1 atom stereocenters. The smallest absolute Gasteiger partial charge is 0.337 e. The maximum atomic E-state index is 12.7. The standard InChI is InChI=1S/C20H18N2O6/c1-26-20(25)13-3-5-14(6-4-13)22-18(23)9-15(19(22)24)21-10-12-2-7-16-17(8-12)28-11-27-16/h2-8,15,21H,9-11H2,1H3/t15-/m0/s1. The van der Waals surface area contributed by atoms with E-state index in [4.69, 9.17) is 9.47 Å². The number of methoxy groups -OCH3 is 1. The number of anilines is 1. The van der Waals surface area contributed by atoms with Gasteiger partial charge in [0.2, 0.25) is 12.7 Å². The van der Waals surface area contributed by atoms with Gasteiger partial charge in [-0.3, -0.25) is 9.59 Å². The molecule has 2 amide bonds. The minimum Gasteiger partial charge on any atom is -0.465 e. The summed E-state index contributed by atoms with van der Waals surface area (Å²) in [6, 6.07) is 11.1. The van der Waals surface area contributed by atoms with Crippen molar-refractivity contribution in [3.8, 4) is 11.5 Å². The van der Waals surface area contributed by atoms with E-state index in [1.165, 1.54) is 19.2 Å². The lowest BCUT2D eigenvalue weighted by molar-refractivity contribution is -0.121. The molecule has 8 nitrogen and oxygen atoms in total. The molecular weight excluding hydrogens is 364 g/mol. The molecule has 4 rings (SSSR count). The molecule has 2 heterocycles. The summed E-state index contributed by atoms with van der Waals surface area (Å²) in [6.45, 7) is 0.612. The molecule has 0 aliphatic carbocycles. The number of nitrogens with one attached hydrogen (secondary N) is 1. The van der Waals surface area contributed by atoms with Gasteiger partial charge in [-0.1, -0.05) is 6.07 Å². The summed E-state index contributed by atoms with van der Waals surface area (Å²) in [5.41, 5.74) is 1.70. The molecular formula is C20H18N2O6. The van der Waals surface area contributed by atoms with Crippen molar-refractivity contribution >= 4 is 23.5 Å². The highest BCUT2D eigenvalue weighted by Crippen LogP contribution is 2.32.